The summed E-state index contributed by atoms with van der Waals surface area (Å²) in [5.41, 5.74) is 2.71. The van der Waals surface area contributed by atoms with Gasteiger partial charge in [-0.3, -0.25) is 9.59 Å². The number of carbonyl (C=O) groups is 2. The van der Waals surface area contributed by atoms with E-state index in [1.165, 1.54) is 11.1 Å². The predicted molar refractivity (Wildman–Crippen MR) is 101 cm³/mol. The molecule has 1 aromatic rings. The molecule has 0 heterocycles. The molecule has 3 nitrogen and oxygen atoms in total. The van der Waals surface area contributed by atoms with E-state index in [4.69, 9.17) is 4.74 Å². The van der Waals surface area contributed by atoms with Crippen molar-refractivity contribution in [3.05, 3.63) is 29.3 Å². The number of Topliss-reactive ketones (excluding diaryl/α,β-unsaturated/α-hetero) is 1. The molecule has 1 aromatic carbocycles. The number of rotatable bonds is 3. The van der Waals surface area contributed by atoms with Gasteiger partial charge in [-0.05, 0) is 79.5 Å². The van der Waals surface area contributed by atoms with E-state index in [0.717, 1.165) is 44.9 Å². The molecule has 0 amide bonds. The first-order valence-electron chi connectivity index (χ1n) is 10.3. The van der Waals surface area contributed by atoms with E-state index in [9.17, 15) is 9.59 Å². The van der Waals surface area contributed by atoms with Crippen molar-refractivity contribution in [3.8, 4) is 5.75 Å². The number of fused-ring (bicyclic) bond motifs is 5. The topological polar surface area (TPSA) is 43.4 Å². The maximum absolute atomic E-state index is 12.4. The molecule has 0 N–H and O–H groups in total. The van der Waals surface area contributed by atoms with Gasteiger partial charge in [0.2, 0.25) is 0 Å². The van der Waals surface area contributed by atoms with E-state index in [1.54, 1.807) is 0 Å². The summed E-state index contributed by atoms with van der Waals surface area (Å²) in [6.07, 6.45) is 6.99. The Labute approximate surface area is 156 Å². The van der Waals surface area contributed by atoms with Crippen LogP contribution >= 0.6 is 0 Å². The van der Waals surface area contributed by atoms with Crippen molar-refractivity contribution < 1.29 is 14.3 Å². The molecule has 0 spiro atoms. The van der Waals surface area contributed by atoms with Crippen molar-refractivity contribution in [1.82, 2.24) is 0 Å². The standard InChI is InChI=1S/C23H30O3/c1-4-14(2)22(25)26-16-6-8-17-15(13-16)5-7-19-18(17)11-12-23(3)20(19)9-10-21(23)24/h6,8,13-14,18-20H,4-5,7,9-12H2,1-3H3. The van der Waals surface area contributed by atoms with Gasteiger partial charge in [0.1, 0.15) is 11.5 Å². The van der Waals surface area contributed by atoms with Gasteiger partial charge in [-0.1, -0.05) is 26.8 Å². The van der Waals surface area contributed by atoms with Crippen molar-refractivity contribution >= 4 is 11.8 Å². The van der Waals surface area contributed by atoms with Crippen molar-refractivity contribution in [1.29, 1.82) is 0 Å². The molecule has 3 heteroatoms. The van der Waals surface area contributed by atoms with E-state index < -0.39 is 0 Å². The lowest BCUT2D eigenvalue weighted by Crippen LogP contribution is -2.42. The van der Waals surface area contributed by atoms with E-state index in [0.29, 0.717) is 29.3 Å². The number of esters is 1. The van der Waals surface area contributed by atoms with Gasteiger partial charge in [0.25, 0.3) is 0 Å². The summed E-state index contributed by atoms with van der Waals surface area (Å²) in [5.74, 6) is 2.75. The predicted octanol–water partition coefficient (Wildman–Crippen LogP) is 5.06. The fraction of sp³-hybridized carbons (Fsp3) is 0.652. The Morgan fingerprint density at radius 3 is 2.85 bits per heavy atom. The second kappa shape index (κ2) is 6.51. The molecule has 5 atom stereocenters. The molecule has 26 heavy (non-hydrogen) atoms. The first-order valence-corrected chi connectivity index (χ1v) is 10.3. The average Bonchev–Trinajstić information content (AvgIpc) is 2.95. The van der Waals surface area contributed by atoms with Gasteiger partial charge < -0.3 is 4.74 Å². The summed E-state index contributed by atoms with van der Waals surface area (Å²) in [5, 5.41) is 0. The number of carbonyl (C=O) groups excluding carboxylic acids is 2. The van der Waals surface area contributed by atoms with E-state index in [2.05, 4.69) is 19.1 Å². The Hall–Kier alpha value is -1.64. The van der Waals surface area contributed by atoms with Crippen LogP contribution in [0.4, 0.5) is 0 Å². The molecule has 2 saturated carbocycles. The average molecular weight is 354 g/mol. The number of ketones is 1. The first-order chi connectivity index (χ1) is 12.4. The fourth-order valence-electron chi connectivity index (χ4n) is 5.78. The third-order valence-electron chi connectivity index (χ3n) is 7.64. The van der Waals surface area contributed by atoms with E-state index in [1.807, 2.05) is 19.9 Å². The second-order valence-electron chi connectivity index (χ2n) is 8.92. The number of ether oxygens (including phenoxy) is 1. The number of benzene rings is 1. The molecule has 0 aromatic heterocycles. The van der Waals surface area contributed by atoms with Crippen molar-refractivity contribution in [3.63, 3.8) is 0 Å². The molecule has 4 rings (SSSR count). The van der Waals surface area contributed by atoms with Crippen molar-refractivity contribution in [2.24, 2.45) is 23.2 Å². The molecule has 3 aliphatic carbocycles. The van der Waals surface area contributed by atoms with Crippen molar-refractivity contribution in [2.45, 2.75) is 71.6 Å². The Balaban J connectivity index is 1.56. The Morgan fingerprint density at radius 1 is 1.27 bits per heavy atom. The van der Waals surface area contributed by atoms with Crippen LogP contribution in [0.2, 0.25) is 0 Å². The summed E-state index contributed by atoms with van der Waals surface area (Å²) in [6, 6.07) is 6.24. The molecule has 5 unspecified atom stereocenters. The molecule has 0 saturated heterocycles. The summed E-state index contributed by atoms with van der Waals surface area (Å²) in [7, 11) is 0. The molecule has 3 aliphatic rings. The molecular formula is C23H30O3. The van der Waals surface area contributed by atoms with Crippen LogP contribution in [0.5, 0.6) is 5.75 Å². The first kappa shape index (κ1) is 17.8. The lowest BCUT2D eigenvalue weighted by atomic mass is 9.55. The van der Waals surface area contributed by atoms with E-state index >= 15 is 0 Å². The van der Waals surface area contributed by atoms with Crippen LogP contribution in [-0.4, -0.2) is 11.8 Å². The van der Waals surface area contributed by atoms with Crippen LogP contribution in [-0.2, 0) is 16.0 Å². The smallest absolute Gasteiger partial charge is 0.314 e. The van der Waals surface area contributed by atoms with Gasteiger partial charge in [0, 0.05) is 11.8 Å². The third-order valence-corrected chi connectivity index (χ3v) is 7.64. The molecular weight excluding hydrogens is 324 g/mol. The van der Waals surface area contributed by atoms with Crippen LogP contribution < -0.4 is 4.74 Å². The minimum atomic E-state index is -0.140. The van der Waals surface area contributed by atoms with Crippen LogP contribution in [0, 0.1) is 23.2 Å². The maximum atomic E-state index is 12.4. The van der Waals surface area contributed by atoms with Crippen LogP contribution in [0.3, 0.4) is 0 Å². The zero-order valence-corrected chi connectivity index (χ0v) is 16.2. The molecule has 0 bridgehead atoms. The minimum Gasteiger partial charge on any atom is -0.426 e. The second-order valence-corrected chi connectivity index (χ2v) is 8.92. The van der Waals surface area contributed by atoms with Gasteiger partial charge in [-0.15, -0.1) is 0 Å². The maximum Gasteiger partial charge on any atom is 0.314 e. The highest BCUT2D eigenvalue weighted by Gasteiger charge is 2.54. The van der Waals surface area contributed by atoms with Gasteiger partial charge in [-0.2, -0.15) is 0 Å². The zero-order valence-electron chi connectivity index (χ0n) is 16.2. The van der Waals surface area contributed by atoms with Gasteiger partial charge in [0.05, 0.1) is 5.92 Å². The molecule has 0 aliphatic heterocycles. The van der Waals surface area contributed by atoms with Crippen LogP contribution in [0.15, 0.2) is 18.2 Å². The highest BCUT2D eigenvalue weighted by molar-refractivity contribution is 5.87. The van der Waals surface area contributed by atoms with Crippen molar-refractivity contribution in [2.75, 3.05) is 0 Å². The summed E-state index contributed by atoms with van der Waals surface area (Å²) in [4.78, 5) is 24.5. The monoisotopic (exact) mass is 354 g/mol. The number of hydrogen-bond acceptors (Lipinski definition) is 3. The summed E-state index contributed by atoms with van der Waals surface area (Å²) < 4.78 is 5.59. The highest BCUT2D eigenvalue weighted by Crippen LogP contribution is 2.59. The van der Waals surface area contributed by atoms with Crippen LogP contribution in [0.1, 0.15) is 76.3 Å². The normalized spacial score (nSPS) is 33.8. The number of aryl methyl sites for hydroxylation is 1. The van der Waals surface area contributed by atoms with E-state index in [-0.39, 0.29) is 17.3 Å². The Morgan fingerprint density at radius 2 is 2.08 bits per heavy atom. The third kappa shape index (κ3) is 2.71. The quantitative estimate of drug-likeness (QED) is 0.563. The lowest BCUT2D eigenvalue weighted by Gasteiger charge is -2.48. The zero-order chi connectivity index (χ0) is 18.5. The summed E-state index contributed by atoms with van der Waals surface area (Å²) >= 11 is 0. The summed E-state index contributed by atoms with van der Waals surface area (Å²) in [6.45, 7) is 6.13. The largest absolute Gasteiger partial charge is 0.426 e. The highest BCUT2D eigenvalue weighted by atomic mass is 16.5. The Bertz CT molecular complexity index is 737. The minimum absolute atomic E-state index is 0.0636. The molecule has 140 valence electrons. The fourth-order valence-corrected chi connectivity index (χ4v) is 5.78. The Kier molecular flexibility index (Phi) is 4.45. The van der Waals surface area contributed by atoms with Gasteiger partial charge in [0.15, 0.2) is 0 Å². The van der Waals surface area contributed by atoms with Gasteiger partial charge >= 0.3 is 5.97 Å². The number of hydrogen-bond donors (Lipinski definition) is 0. The van der Waals surface area contributed by atoms with Gasteiger partial charge in [-0.25, -0.2) is 0 Å². The SMILES string of the molecule is CCC(C)C(=O)Oc1ccc2c(c1)CCC1C2CCC2(C)C(=O)CCC12. The molecule has 2 fully saturated rings. The van der Waals surface area contributed by atoms with Crippen LogP contribution in [0.25, 0.3) is 0 Å². The molecule has 0 radical (unpaired) electrons. The lowest BCUT2D eigenvalue weighted by molar-refractivity contribution is -0.138.